The second-order valence-corrected chi connectivity index (χ2v) is 6.15. The van der Waals surface area contributed by atoms with Gasteiger partial charge in [0.05, 0.1) is 0 Å². The Labute approximate surface area is 135 Å². The molecule has 1 saturated carbocycles. The predicted molar refractivity (Wildman–Crippen MR) is 93.1 cm³/mol. The Balaban J connectivity index is 2.10. The third-order valence-electron chi connectivity index (χ3n) is 4.72. The Kier molecular flexibility index (Phi) is 6.22. The summed E-state index contributed by atoms with van der Waals surface area (Å²) in [6.45, 7) is 10.5. The summed E-state index contributed by atoms with van der Waals surface area (Å²) in [7, 11) is 2.11. The zero-order valence-electron chi connectivity index (χ0n) is 14.4. The van der Waals surface area contributed by atoms with Crippen LogP contribution in [0.15, 0.2) is 24.5 Å². The van der Waals surface area contributed by atoms with Crippen LogP contribution in [0.25, 0.3) is 0 Å². The van der Waals surface area contributed by atoms with E-state index in [1.807, 2.05) is 6.20 Å². The minimum atomic E-state index is 0.624. The van der Waals surface area contributed by atoms with E-state index in [1.54, 1.807) is 0 Å². The summed E-state index contributed by atoms with van der Waals surface area (Å²) in [6.07, 6.45) is 9.01. The SMILES string of the molecule is C=C(CCN(c1ccnc(CC)n1)C1CCCC1)N(C)CC. The number of nitrogens with zero attached hydrogens (tertiary/aromatic N) is 4. The molecule has 0 aromatic carbocycles. The molecule has 0 spiro atoms. The monoisotopic (exact) mass is 302 g/mol. The van der Waals surface area contributed by atoms with Crippen molar-refractivity contribution in [2.24, 2.45) is 0 Å². The highest BCUT2D eigenvalue weighted by Crippen LogP contribution is 2.27. The molecule has 0 radical (unpaired) electrons. The number of aromatic nitrogens is 2. The first kappa shape index (κ1) is 16.8. The molecule has 1 heterocycles. The lowest BCUT2D eigenvalue weighted by Crippen LogP contribution is -2.36. The topological polar surface area (TPSA) is 32.3 Å². The van der Waals surface area contributed by atoms with Crippen LogP contribution in [0.3, 0.4) is 0 Å². The van der Waals surface area contributed by atoms with Gasteiger partial charge in [-0.3, -0.25) is 0 Å². The number of hydrogen-bond acceptors (Lipinski definition) is 4. The Bertz CT molecular complexity index is 480. The van der Waals surface area contributed by atoms with Crippen molar-refractivity contribution in [3.05, 3.63) is 30.4 Å². The van der Waals surface area contributed by atoms with Gasteiger partial charge in [0.15, 0.2) is 0 Å². The van der Waals surface area contributed by atoms with Gasteiger partial charge in [-0.2, -0.15) is 0 Å². The maximum absolute atomic E-state index is 4.75. The van der Waals surface area contributed by atoms with E-state index >= 15 is 0 Å². The van der Waals surface area contributed by atoms with Crippen LogP contribution in [0.4, 0.5) is 5.82 Å². The molecule has 122 valence electrons. The van der Waals surface area contributed by atoms with Gasteiger partial charge in [0.25, 0.3) is 0 Å². The summed E-state index contributed by atoms with van der Waals surface area (Å²) in [5.74, 6) is 2.02. The Morgan fingerprint density at radius 3 is 2.68 bits per heavy atom. The summed E-state index contributed by atoms with van der Waals surface area (Å²) in [6, 6.07) is 2.68. The lowest BCUT2D eigenvalue weighted by atomic mass is 10.2. The predicted octanol–water partition coefficient (Wildman–Crippen LogP) is 3.64. The molecule has 1 aromatic rings. The molecule has 0 bridgehead atoms. The van der Waals surface area contributed by atoms with Gasteiger partial charge in [0.1, 0.15) is 11.6 Å². The van der Waals surface area contributed by atoms with Gasteiger partial charge in [0.2, 0.25) is 0 Å². The van der Waals surface area contributed by atoms with Crippen LogP contribution >= 0.6 is 0 Å². The fourth-order valence-electron chi connectivity index (χ4n) is 3.08. The van der Waals surface area contributed by atoms with Crippen molar-refractivity contribution in [1.29, 1.82) is 0 Å². The summed E-state index contributed by atoms with van der Waals surface area (Å²) in [4.78, 5) is 13.8. The molecule has 4 heteroatoms. The van der Waals surface area contributed by atoms with E-state index in [2.05, 4.69) is 48.3 Å². The maximum atomic E-state index is 4.75. The molecule has 4 nitrogen and oxygen atoms in total. The number of aryl methyl sites for hydroxylation is 1. The van der Waals surface area contributed by atoms with Gasteiger partial charge in [0, 0.05) is 50.9 Å². The van der Waals surface area contributed by atoms with Crippen LogP contribution in [-0.2, 0) is 6.42 Å². The van der Waals surface area contributed by atoms with Crippen LogP contribution in [-0.4, -0.2) is 41.0 Å². The van der Waals surface area contributed by atoms with E-state index < -0.39 is 0 Å². The quantitative estimate of drug-likeness (QED) is 0.734. The van der Waals surface area contributed by atoms with Crippen molar-refractivity contribution in [2.45, 2.75) is 58.4 Å². The first-order chi connectivity index (χ1) is 10.7. The average molecular weight is 302 g/mol. The van der Waals surface area contributed by atoms with Gasteiger partial charge < -0.3 is 9.80 Å². The molecule has 0 unspecified atom stereocenters. The molecule has 2 rings (SSSR count). The zero-order chi connectivity index (χ0) is 15.9. The standard InChI is InChI=1S/C18H30N4/c1-5-17-19-13-11-18(20-17)22(16-9-7-8-10-16)14-12-15(3)21(4)6-2/h11,13,16H,3,5-10,12,14H2,1-2,4H3. The number of hydrogen-bond donors (Lipinski definition) is 0. The summed E-state index contributed by atoms with van der Waals surface area (Å²) in [5.41, 5.74) is 1.20. The molecule has 0 atom stereocenters. The molecule has 0 amide bonds. The van der Waals surface area contributed by atoms with Gasteiger partial charge in [-0.1, -0.05) is 26.3 Å². The molecule has 1 aromatic heterocycles. The van der Waals surface area contributed by atoms with E-state index in [0.29, 0.717) is 6.04 Å². The van der Waals surface area contributed by atoms with E-state index in [-0.39, 0.29) is 0 Å². The fraction of sp³-hybridized carbons (Fsp3) is 0.667. The fourth-order valence-corrected chi connectivity index (χ4v) is 3.08. The van der Waals surface area contributed by atoms with Gasteiger partial charge >= 0.3 is 0 Å². The highest BCUT2D eigenvalue weighted by Gasteiger charge is 2.24. The highest BCUT2D eigenvalue weighted by molar-refractivity contribution is 5.39. The normalized spacial score (nSPS) is 15.0. The number of rotatable bonds is 8. The van der Waals surface area contributed by atoms with Crippen molar-refractivity contribution in [3.63, 3.8) is 0 Å². The van der Waals surface area contributed by atoms with Crippen molar-refractivity contribution >= 4 is 5.82 Å². The second-order valence-electron chi connectivity index (χ2n) is 6.15. The molecule has 0 saturated heterocycles. The third-order valence-corrected chi connectivity index (χ3v) is 4.72. The van der Waals surface area contributed by atoms with Gasteiger partial charge in [-0.05, 0) is 25.8 Å². The first-order valence-electron chi connectivity index (χ1n) is 8.63. The highest BCUT2D eigenvalue weighted by atomic mass is 15.2. The van der Waals surface area contributed by atoms with Crippen molar-refractivity contribution in [1.82, 2.24) is 14.9 Å². The molecule has 22 heavy (non-hydrogen) atoms. The third kappa shape index (κ3) is 4.21. The molecule has 1 aliphatic carbocycles. The average Bonchev–Trinajstić information content (AvgIpc) is 3.08. The summed E-state index contributed by atoms with van der Waals surface area (Å²) >= 11 is 0. The maximum Gasteiger partial charge on any atom is 0.132 e. The molecular formula is C18H30N4. The Morgan fingerprint density at radius 2 is 2.05 bits per heavy atom. The summed E-state index contributed by atoms with van der Waals surface area (Å²) < 4.78 is 0. The van der Waals surface area contributed by atoms with Gasteiger partial charge in [-0.25, -0.2) is 9.97 Å². The smallest absolute Gasteiger partial charge is 0.132 e. The number of anilines is 1. The van der Waals surface area contributed by atoms with Crippen LogP contribution in [0.1, 0.15) is 51.8 Å². The Morgan fingerprint density at radius 1 is 1.32 bits per heavy atom. The van der Waals surface area contributed by atoms with E-state index in [1.165, 1.54) is 31.4 Å². The molecule has 1 fully saturated rings. The van der Waals surface area contributed by atoms with Crippen LogP contribution in [0, 0.1) is 0 Å². The van der Waals surface area contributed by atoms with Crippen LogP contribution < -0.4 is 4.90 Å². The van der Waals surface area contributed by atoms with Gasteiger partial charge in [-0.15, -0.1) is 0 Å². The minimum Gasteiger partial charge on any atom is -0.379 e. The molecule has 1 aliphatic rings. The van der Waals surface area contributed by atoms with Crippen molar-refractivity contribution in [2.75, 3.05) is 25.0 Å². The largest absolute Gasteiger partial charge is 0.379 e. The zero-order valence-corrected chi connectivity index (χ0v) is 14.4. The second kappa shape index (κ2) is 8.16. The summed E-state index contributed by atoms with van der Waals surface area (Å²) in [5, 5.41) is 0. The lowest BCUT2D eigenvalue weighted by molar-refractivity contribution is 0.422. The van der Waals surface area contributed by atoms with Crippen molar-refractivity contribution in [3.8, 4) is 0 Å². The van der Waals surface area contributed by atoms with Crippen LogP contribution in [0.5, 0.6) is 0 Å². The first-order valence-corrected chi connectivity index (χ1v) is 8.63. The molecule has 0 N–H and O–H groups in total. The van der Waals surface area contributed by atoms with E-state index in [4.69, 9.17) is 4.98 Å². The van der Waals surface area contributed by atoms with Crippen molar-refractivity contribution < 1.29 is 0 Å². The Hall–Kier alpha value is -1.58. The van der Waals surface area contributed by atoms with Crippen LogP contribution in [0.2, 0.25) is 0 Å². The minimum absolute atomic E-state index is 0.624. The molecule has 0 aliphatic heterocycles. The lowest BCUT2D eigenvalue weighted by Gasteiger charge is -2.31. The van der Waals surface area contributed by atoms with E-state index in [9.17, 15) is 0 Å². The molecular weight excluding hydrogens is 272 g/mol. The van der Waals surface area contributed by atoms with E-state index in [0.717, 1.165) is 37.6 Å².